The first-order valence-corrected chi connectivity index (χ1v) is 7.67. The van der Waals surface area contributed by atoms with Crippen molar-refractivity contribution in [2.45, 2.75) is 44.0 Å². The van der Waals surface area contributed by atoms with Gasteiger partial charge in [0.15, 0.2) is 0 Å². The molecule has 2 rings (SSSR count). The monoisotopic (exact) mass is 268 g/mol. The average molecular weight is 268 g/mol. The van der Waals surface area contributed by atoms with Crippen LogP contribution in [0.25, 0.3) is 0 Å². The molecule has 5 heteroatoms. The van der Waals surface area contributed by atoms with Crippen LogP contribution in [0.2, 0.25) is 0 Å². The molecular weight excluding hydrogens is 248 g/mol. The van der Waals surface area contributed by atoms with Gasteiger partial charge in [-0.2, -0.15) is 0 Å². The highest BCUT2D eigenvalue weighted by molar-refractivity contribution is 7.89. The lowest BCUT2D eigenvalue weighted by molar-refractivity contribution is 0.491. The molecule has 18 heavy (non-hydrogen) atoms. The minimum atomic E-state index is -3.44. The van der Waals surface area contributed by atoms with Crippen molar-refractivity contribution in [3.63, 3.8) is 0 Å². The molecule has 1 aliphatic rings. The van der Waals surface area contributed by atoms with Crippen molar-refractivity contribution >= 4 is 15.7 Å². The van der Waals surface area contributed by atoms with Crippen LogP contribution in [0.4, 0.5) is 5.69 Å². The second-order valence-electron chi connectivity index (χ2n) is 5.70. The maximum absolute atomic E-state index is 12.2. The number of hydrogen-bond donors (Lipinski definition) is 2. The Hall–Kier alpha value is -1.07. The van der Waals surface area contributed by atoms with E-state index < -0.39 is 15.6 Å². The molecular formula is C13H20N2O2S. The van der Waals surface area contributed by atoms with Crippen molar-refractivity contribution in [2.24, 2.45) is 0 Å². The first-order valence-electron chi connectivity index (χ1n) is 6.19. The summed E-state index contributed by atoms with van der Waals surface area (Å²) in [7, 11) is -3.44. The minimum absolute atomic E-state index is 0.325. The molecule has 1 aromatic carbocycles. The van der Waals surface area contributed by atoms with Crippen LogP contribution in [0.1, 0.15) is 32.8 Å². The number of rotatable bonds is 2. The summed E-state index contributed by atoms with van der Waals surface area (Å²) in [6, 6.07) is 5.31. The lowest BCUT2D eigenvalue weighted by atomic mass is 10.0. The number of benzene rings is 1. The Morgan fingerprint density at radius 2 is 2.00 bits per heavy atom. The summed E-state index contributed by atoms with van der Waals surface area (Å²) < 4.78 is 27.1. The molecule has 1 aliphatic heterocycles. The van der Waals surface area contributed by atoms with Crippen LogP contribution >= 0.6 is 0 Å². The van der Waals surface area contributed by atoms with Crippen LogP contribution < -0.4 is 10.0 Å². The van der Waals surface area contributed by atoms with Crippen molar-refractivity contribution < 1.29 is 8.42 Å². The van der Waals surface area contributed by atoms with Gasteiger partial charge in [-0.3, -0.25) is 0 Å². The van der Waals surface area contributed by atoms with Crippen molar-refractivity contribution in [1.29, 1.82) is 0 Å². The highest BCUT2D eigenvalue weighted by atomic mass is 32.2. The quantitative estimate of drug-likeness (QED) is 0.864. The van der Waals surface area contributed by atoms with Crippen molar-refractivity contribution in [3.8, 4) is 0 Å². The number of hydrogen-bond acceptors (Lipinski definition) is 3. The maximum Gasteiger partial charge on any atom is 0.241 e. The fourth-order valence-electron chi connectivity index (χ4n) is 2.07. The molecule has 0 fully saturated rings. The van der Waals surface area contributed by atoms with Gasteiger partial charge in [-0.25, -0.2) is 13.1 Å². The third-order valence-electron chi connectivity index (χ3n) is 2.77. The van der Waals surface area contributed by atoms with Gasteiger partial charge in [-0.15, -0.1) is 0 Å². The Balaban J connectivity index is 2.34. The Bertz CT molecular complexity index is 545. The lowest BCUT2D eigenvalue weighted by Crippen LogP contribution is -2.40. The Labute approximate surface area is 109 Å². The number of fused-ring (bicyclic) bond motifs is 1. The van der Waals surface area contributed by atoms with Gasteiger partial charge >= 0.3 is 0 Å². The average Bonchev–Trinajstić information content (AvgIpc) is 2.25. The first-order chi connectivity index (χ1) is 8.28. The van der Waals surface area contributed by atoms with Crippen LogP contribution in [-0.2, 0) is 16.4 Å². The van der Waals surface area contributed by atoms with Gasteiger partial charge in [0, 0.05) is 17.8 Å². The molecule has 1 aromatic rings. The van der Waals surface area contributed by atoms with Crippen LogP contribution in [0.3, 0.4) is 0 Å². The van der Waals surface area contributed by atoms with E-state index in [4.69, 9.17) is 0 Å². The van der Waals surface area contributed by atoms with E-state index in [9.17, 15) is 8.42 Å². The lowest BCUT2D eigenvalue weighted by Gasteiger charge is -2.22. The molecule has 0 radical (unpaired) electrons. The molecule has 0 spiro atoms. The molecule has 0 saturated heterocycles. The molecule has 0 saturated carbocycles. The smallest absolute Gasteiger partial charge is 0.241 e. The largest absolute Gasteiger partial charge is 0.385 e. The Morgan fingerprint density at radius 1 is 1.28 bits per heavy atom. The van der Waals surface area contributed by atoms with Gasteiger partial charge in [-0.05, 0) is 51.3 Å². The second-order valence-corrected chi connectivity index (χ2v) is 7.39. The van der Waals surface area contributed by atoms with Gasteiger partial charge in [0.05, 0.1) is 4.90 Å². The van der Waals surface area contributed by atoms with Crippen LogP contribution in [0, 0.1) is 0 Å². The molecule has 0 aromatic heterocycles. The van der Waals surface area contributed by atoms with Crippen LogP contribution in [0.15, 0.2) is 23.1 Å². The van der Waals surface area contributed by atoms with E-state index in [0.717, 1.165) is 25.1 Å². The summed E-state index contributed by atoms with van der Waals surface area (Å²) in [5.74, 6) is 0. The van der Waals surface area contributed by atoms with Gasteiger partial charge in [0.1, 0.15) is 0 Å². The standard InChI is InChI=1S/C13H20N2O2S/c1-13(2,3)15-18(16,17)11-7-6-10-5-4-8-14-12(10)9-11/h6-7,9,14-15H,4-5,8H2,1-3H3. The molecule has 1 heterocycles. The van der Waals surface area contributed by atoms with Crippen molar-refractivity contribution in [1.82, 2.24) is 4.72 Å². The first kappa shape index (κ1) is 13.4. The summed E-state index contributed by atoms with van der Waals surface area (Å²) in [6.07, 6.45) is 2.11. The number of aryl methyl sites for hydroxylation is 1. The van der Waals surface area contributed by atoms with Crippen LogP contribution in [-0.4, -0.2) is 20.5 Å². The van der Waals surface area contributed by atoms with E-state index in [-0.39, 0.29) is 0 Å². The molecule has 0 amide bonds. The van der Waals surface area contributed by atoms with E-state index in [2.05, 4.69) is 10.0 Å². The van der Waals surface area contributed by atoms with Gasteiger partial charge in [-0.1, -0.05) is 6.07 Å². The summed E-state index contributed by atoms with van der Waals surface area (Å²) >= 11 is 0. The molecule has 4 nitrogen and oxygen atoms in total. The third kappa shape index (κ3) is 3.03. The van der Waals surface area contributed by atoms with E-state index >= 15 is 0 Å². The van der Waals surface area contributed by atoms with E-state index in [1.165, 1.54) is 5.56 Å². The maximum atomic E-state index is 12.2. The van der Waals surface area contributed by atoms with Gasteiger partial charge in [0.2, 0.25) is 10.0 Å². The number of sulfonamides is 1. The summed E-state index contributed by atoms with van der Waals surface area (Å²) in [5.41, 5.74) is 1.66. The zero-order chi connectivity index (χ0) is 13.4. The van der Waals surface area contributed by atoms with Crippen molar-refractivity contribution in [3.05, 3.63) is 23.8 Å². The summed E-state index contributed by atoms with van der Waals surface area (Å²) in [6.45, 7) is 6.41. The highest BCUT2D eigenvalue weighted by Crippen LogP contribution is 2.25. The molecule has 0 atom stereocenters. The third-order valence-corrected chi connectivity index (χ3v) is 4.53. The summed E-state index contributed by atoms with van der Waals surface area (Å²) in [4.78, 5) is 0.325. The second kappa shape index (κ2) is 4.55. The number of anilines is 1. The number of nitrogens with one attached hydrogen (secondary N) is 2. The molecule has 0 aliphatic carbocycles. The Morgan fingerprint density at radius 3 is 2.67 bits per heavy atom. The topological polar surface area (TPSA) is 58.2 Å². The SMILES string of the molecule is CC(C)(C)NS(=O)(=O)c1ccc2c(c1)NCCC2. The summed E-state index contributed by atoms with van der Waals surface area (Å²) in [5, 5.41) is 3.25. The predicted octanol–water partition coefficient (Wildman–Crippen LogP) is 2.12. The van der Waals surface area contributed by atoms with Gasteiger partial charge < -0.3 is 5.32 Å². The van der Waals surface area contributed by atoms with E-state index in [1.54, 1.807) is 12.1 Å². The van der Waals surface area contributed by atoms with Gasteiger partial charge in [0.25, 0.3) is 0 Å². The van der Waals surface area contributed by atoms with Crippen molar-refractivity contribution in [2.75, 3.05) is 11.9 Å². The predicted molar refractivity (Wildman–Crippen MR) is 73.3 cm³/mol. The van der Waals surface area contributed by atoms with Crippen LogP contribution in [0.5, 0.6) is 0 Å². The zero-order valence-corrected chi connectivity index (χ0v) is 11.9. The minimum Gasteiger partial charge on any atom is -0.385 e. The molecule has 0 bridgehead atoms. The van der Waals surface area contributed by atoms with E-state index in [0.29, 0.717) is 4.90 Å². The fourth-order valence-corrected chi connectivity index (χ4v) is 3.51. The molecule has 2 N–H and O–H groups in total. The highest BCUT2D eigenvalue weighted by Gasteiger charge is 2.23. The zero-order valence-electron chi connectivity index (χ0n) is 11.1. The van der Waals surface area contributed by atoms with E-state index in [1.807, 2.05) is 26.8 Å². The molecule has 100 valence electrons. The Kier molecular flexibility index (Phi) is 3.38. The molecule has 0 unspecified atom stereocenters. The fraction of sp³-hybridized carbons (Fsp3) is 0.538. The normalized spacial score (nSPS) is 15.9.